The lowest BCUT2D eigenvalue weighted by molar-refractivity contribution is 0.0994. The molecule has 1 N–H and O–H groups in total. The fourth-order valence-corrected chi connectivity index (χ4v) is 2.98. The quantitative estimate of drug-likeness (QED) is 0.508. The summed E-state index contributed by atoms with van der Waals surface area (Å²) in [4.78, 5) is 12.4. The summed E-state index contributed by atoms with van der Waals surface area (Å²) in [6, 6.07) is 12.3. The molecule has 1 aromatic carbocycles. The first kappa shape index (κ1) is 18.3. The monoisotopic (exact) mass is 415 g/mol. The number of carbonyl (C=O) groups excluding carboxylic acids is 1. The van der Waals surface area contributed by atoms with Crippen molar-refractivity contribution in [2.45, 2.75) is 13.1 Å². The molecule has 0 spiro atoms. The lowest BCUT2D eigenvalue weighted by Gasteiger charge is -2.04. The van der Waals surface area contributed by atoms with Gasteiger partial charge in [0.2, 0.25) is 0 Å². The van der Waals surface area contributed by atoms with Crippen molar-refractivity contribution in [3.8, 4) is 0 Å². The molecular formula is C19H15Cl2N5O2. The zero-order valence-corrected chi connectivity index (χ0v) is 16.1. The number of aromatic nitrogens is 4. The van der Waals surface area contributed by atoms with E-state index in [0.29, 0.717) is 34.7 Å². The van der Waals surface area contributed by atoms with Crippen molar-refractivity contribution in [2.24, 2.45) is 0 Å². The molecule has 0 unspecified atom stereocenters. The number of amides is 1. The highest BCUT2D eigenvalue weighted by Gasteiger charge is 2.13. The zero-order chi connectivity index (χ0) is 19.5. The van der Waals surface area contributed by atoms with E-state index >= 15 is 0 Å². The molecule has 0 radical (unpaired) electrons. The summed E-state index contributed by atoms with van der Waals surface area (Å²) in [5, 5.41) is 12.2. The molecule has 0 aliphatic heterocycles. The highest BCUT2D eigenvalue weighted by atomic mass is 35.5. The molecule has 3 aromatic heterocycles. The topological polar surface area (TPSA) is 77.9 Å². The van der Waals surface area contributed by atoms with E-state index in [9.17, 15) is 4.79 Å². The third-order valence-electron chi connectivity index (χ3n) is 3.97. The molecule has 1 amide bonds. The van der Waals surface area contributed by atoms with Crippen molar-refractivity contribution < 1.29 is 9.21 Å². The number of hydrogen-bond acceptors (Lipinski definition) is 4. The van der Waals surface area contributed by atoms with Crippen LogP contribution in [0.25, 0.3) is 0 Å². The average molecular weight is 416 g/mol. The SMILES string of the molecule is O=C(Nc1ccn(Cc2ccc(Cl)c(Cl)c2)n1)c1ccc(Cn2cccn2)o1. The number of furan rings is 1. The van der Waals surface area contributed by atoms with Gasteiger partial charge in [-0.2, -0.15) is 10.2 Å². The molecule has 142 valence electrons. The molecule has 0 fully saturated rings. The second kappa shape index (κ2) is 7.92. The Morgan fingerprint density at radius 2 is 1.93 bits per heavy atom. The Kier molecular flexibility index (Phi) is 5.18. The number of halogens is 2. The van der Waals surface area contributed by atoms with Crippen LogP contribution in [0.1, 0.15) is 21.9 Å². The van der Waals surface area contributed by atoms with Crippen LogP contribution < -0.4 is 5.32 Å². The van der Waals surface area contributed by atoms with Crippen LogP contribution in [0.15, 0.2) is 65.5 Å². The van der Waals surface area contributed by atoms with Gasteiger partial charge in [0.25, 0.3) is 5.91 Å². The number of rotatable bonds is 6. The zero-order valence-electron chi connectivity index (χ0n) is 14.5. The van der Waals surface area contributed by atoms with Gasteiger partial charge in [-0.25, -0.2) is 0 Å². The molecule has 0 aliphatic rings. The van der Waals surface area contributed by atoms with Gasteiger partial charge in [0.05, 0.1) is 23.1 Å². The van der Waals surface area contributed by atoms with E-state index in [1.807, 2.05) is 18.3 Å². The summed E-state index contributed by atoms with van der Waals surface area (Å²) in [7, 11) is 0. The predicted molar refractivity (Wildman–Crippen MR) is 106 cm³/mol. The number of anilines is 1. The number of nitrogens with one attached hydrogen (secondary N) is 1. The molecule has 0 atom stereocenters. The van der Waals surface area contributed by atoms with Crippen molar-refractivity contribution in [1.82, 2.24) is 19.6 Å². The van der Waals surface area contributed by atoms with Crippen molar-refractivity contribution in [3.05, 3.63) is 88.2 Å². The van der Waals surface area contributed by atoms with E-state index in [-0.39, 0.29) is 11.7 Å². The van der Waals surface area contributed by atoms with Crippen molar-refractivity contribution in [1.29, 1.82) is 0 Å². The Morgan fingerprint density at radius 3 is 2.71 bits per heavy atom. The van der Waals surface area contributed by atoms with Crippen LogP contribution in [0.3, 0.4) is 0 Å². The molecule has 0 saturated carbocycles. The Labute approximate surface area is 170 Å². The highest BCUT2D eigenvalue weighted by molar-refractivity contribution is 6.42. The van der Waals surface area contributed by atoms with Gasteiger partial charge >= 0.3 is 0 Å². The van der Waals surface area contributed by atoms with E-state index in [4.69, 9.17) is 27.6 Å². The Hall–Kier alpha value is -3.03. The molecule has 7 nitrogen and oxygen atoms in total. The Balaban J connectivity index is 1.38. The lowest BCUT2D eigenvalue weighted by Crippen LogP contribution is -2.12. The summed E-state index contributed by atoms with van der Waals surface area (Å²) in [5.74, 6) is 0.904. The first-order valence-electron chi connectivity index (χ1n) is 8.42. The van der Waals surface area contributed by atoms with E-state index in [1.54, 1.807) is 52.1 Å². The van der Waals surface area contributed by atoms with Gasteiger partial charge in [0.15, 0.2) is 11.6 Å². The third-order valence-corrected chi connectivity index (χ3v) is 4.71. The van der Waals surface area contributed by atoms with Crippen molar-refractivity contribution >= 4 is 34.9 Å². The summed E-state index contributed by atoms with van der Waals surface area (Å²) in [6.07, 6.45) is 5.27. The second-order valence-electron chi connectivity index (χ2n) is 6.07. The van der Waals surface area contributed by atoms with E-state index in [1.165, 1.54) is 0 Å². The summed E-state index contributed by atoms with van der Waals surface area (Å²) < 4.78 is 8.99. The fraction of sp³-hybridized carbons (Fsp3) is 0.105. The van der Waals surface area contributed by atoms with Gasteiger partial charge in [-0.3, -0.25) is 14.2 Å². The molecular weight excluding hydrogens is 401 g/mol. The van der Waals surface area contributed by atoms with Crippen LogP contribution in [0.5, 0.6) is 0 Å². The first-order valence-corrected chi connectivity index (χ1v) is 9.17. The summed E-state index contributed by atoms with van der Waals surface area (Å²) in [5.41, 5.74) is 0.949. The van der Waals surface area contributed by atoms with Crippen LogP contribution in [-0.2, 0) is 13.1 Å². The van der Waals surface area contributed by atoms with Gasteiger partial charge in [0.1, 0.15) is 5.76 Å². The van der Waals surface area contributed by atoms with Crippen LogP contribution in [-0.4, -0.2) is 25.5 Å². The number of carbonyl (C=O) groups is 1. The van der Waals surface area contributed by atoms with E-state index in [2.05, 4.69) is 15.5 Å². The number of nitrogens with zero attached hydrogens (tertiary/aromatic N) is 4. The molecule has 0 aliphatic carbocycles. The van der Waals surface area contributed by atoms with Crippen LogP contribution in [0.4, 0.5) is 5.82 Å². The second-order valence-corrected chi connectivity index (χ2v) is 6.89. The molecule has 0 saturated heterocycles. The molecule has 0 bridgehead atoms. The number of hydrogen-bond donors (Lipinski definition) is 1. The van der Waals surface area contributed by atoms with Crippen LogP contribution in [0.2, 0.25) is 10.0 Å². The maximum Gasteiger partial charge on any atom is 0.292 e. The number of benzene rings is 1. The highest BCUT2D eigenvalue weighted by Crippen LogP contribution is 2.23. The maximum absolute atomic E-state index is 12.4. The van der Waals surface area contributed by atoms with Gasteiger partial charge in [-0.15, -0.1) is 0 Å². The fourth-order valence-electron chi connectivity index (χ4n) is 2.66. The molecule has 4 rings (SSSR count). The average Bonchev–Trinajstić information content (AvgIpc) is 3.41. The molecule has 28 heavy (non-hydrogen) atoms. The van der Waals surface area contributed by atoms with Crippen LogP contribution >= 0.6 is 23.2 Å². The lowest BCUT2D eigenvalue weighted by atomic mass is 10.2. The standard InChI is InChI=1S/C19H15Cl2N5O2/c20-15-4-2-13(10-16(15)21)11-26-9-6-18(24-26)23-19(27)17-5-3-14(28-17)12-25-8-1-7-22-25/h1-10H,11-12H2,(H,23,24,27). The smallest absolute Gasteiger partial charge is 0.292 e. The predicted octanol–water partition coefficient (Wildman–Crippen LogP) is 4.33. The van der Waals surface area contributed by atoms with Crippen LogP contribution in [0, 0.1) is 0 Å². The molecule has 4 aromatic rings. The van der Waals surface area contributed by atoms with Gasteiger partial charge in [-0.1, -0.05) is 29.3 Å². The third kappa shape index (κ3) is 4.27. The minimum atomic E-state index is -0.369. The minimum absolute atomic E-state index is 0.209. The van der Waals surface area contributed by atoms with Gasteiger partial charge in [-0.05, 0) is 35.9 Å². The Morgan fingerprint density at radius 1 is 1.04 bits per heavy atom. The molecule has 9 heteroatoms. The summed E-state index contributed by atoms with van der Waals surface area (Å²) >= 11 is 12.0. The normalized spacial score (nSPS) is 10.9. The first-order chi connectivity index (χ1) is 13.6. The van der Waals surface area contributed by atoms with E-state index in [0.717, 1.165) is 5.56 Å². The minimum Gasteiger partial charge on any atom is -0.454 e. The largest absolute Gasteiger partial charge is 0.454 e. The van der Waals surface area contributed by atoms with Crippen molar-refractivity contribution in [2.75, 3.05) is 5.32 Å². The van der Waals surface area contributed by atoms with Gasteiger partial charge in [0, 0.05) is 24.7 Å². The maximum atomic E-state index is 12.4. The Bertz CT molecular complexity index is 1100. The van der Waals surface area contributed by atoms with Gasteiger partial charge < -0.3 is 9.73 Å². The summed E-state index contributed by atoms with van der Waals surface area (Å²) in [6.45, 7) is 0.958. The van der Waals surface area contributed by atoms with Crippen molar-refractivity contribution in [3.63, 3.8) is 0 Å². The molecule has 3 heterocycles. The van der Waals surface area contributed by atoms with E-state index < -0.39 is 0 Å².